The molecule has 0 bridgehead atoms. The molecule has 0 aromatic carbocycles. The molecule has 3 rings (SSSR count). The van der Waals surface area contributed by atoms with E-state index < -0.39 is 0 Å². The van der Waals surface area contributed by atoms with Gasteiger partial charge in [0, 0.05) is 44.1 Å². The first kappa shape index (κ1) is 18.4. The summed E-state index contributed by atoms with van der Waals surface area (Å²) in [7, 11) is 1.66. The van der Waals surface area contributed by atoms with Gasteiger partial charge in [0.05, 0.1) is 18.1 Å². The Hall–Kier alpha value is -1.44. The highest BCUT2D eigenvalue weighted by Gasteiger charge is 2.28. The van der Waals surface area contributed by atoms with Gasteiger partial charge in [-0.05, 0) is 37.3 Å². The number of amides is 2. The minimum atomic E-state index is 0.0102. The fourth-order valence-corrected chi connectivity index (χ4v) is 4.52. The van der Waals surface area contributed by atoms with E-state index in [1.54, 1.807) is 18.4 Å². The number of carbonyl (C=O) groups excluding carboxylic acids is 2. The molecular weight excluding hydrogens is 340 g/mol. The molecule has 6 nitrogen and oxygen atoms in total. The van der Waals surface area contributed by atoms with E-state index in [0.29, 0.717) is 39.5 Å². The number of aryl methyl sites for hydroxylation is 1. The van der Waals surface area contributed by atoms with E-state index >= 15 is 0 Å². The van der Waals surface area contributed by atoms with Crippen LogP contribution < -0.4 is 5.32 Å². The monoisotopic (exact) mass is 366 g/mol. The molecule has 0 spiro atoms. The van der Waals surface area contributed by atoms with E-state index in [9.17, 15) is 9.59 Å². The number of rotatable bonds is 6. The van der Waals surface area contributed by atoms with Crippen LogP contribution in [0.3, 0.4) is 0 Å². The molecule has 1 aliphatic carbocycles. The molecule has 1 atom stereocenters. The minimum Gasteiger partial charge on any atom is -0.385 e. The molecule has 25 heavy (non-hydrogen) atoms. The highest BCUT2D eigenvalue weighted by Crippen LogP contribution is 2.33. The molecule has 1 N–H and O–H groups in total. The topological polar surface area (TPSA) is 67.9 Å². The van der Waals surface area contributed by atoms with E-state index in [4.69, 9.17) is 9.47 Å². The maximum atomic E-state index is 12.6. The molecule has 1 fully saturated rings. The number of fused-ring (bicyclic) bond motifs is 1. The lowest BCUT2D eigenvalue weighted by atomic mass is 9.87. The highest BCUT2D eigenvalue weighted by molar-refractivity contribution is 7.14. The fraction of sp³-hybridized carbons (Fsp3) is 0.667. The number of hydrogen-bond donors (Lipinski definition) is 1. The molecule has 1 aromatic rings. The van der Waals surface area contributed by atoms with Crippen LogP contribution in [0.2, 0.25) is 0 Å². The Bertz CT molecular complexity index is 610. The Morgan fingerprint density at radius 3 is 2.96 bits per heavy atom. The summed E-state index contributed by atoms with van der Waals surface area (Å²) in [5, 5.41) is 2.99. The normalized spacial score (nSPS) is 20.2. The number of nitrogens with one attached hydrogen (secondary N) is 1. The van der Waals surface area contributed by atoms with Gasteiger partial charge in [-0.2, -0.15) is 0 Å². The van der Waals surface area contributed by atoms with Gasteiger partial charge < -0.3 is 19.7 Å². The molecular formula is C18H26N2O4S. The van der Waals surface area contributed by atoms with Crippen LogP contribution in [0.25, 0.3) is 0 Å². The zero-order valence-corrected chi connectivity index (χ0v) is 15.5. The third-order valence-corrected chi connectivity index (χ3v) is 6.01. The van der Waals surface area contributed by atoms with Crippen molar-refractivity contribution in [3.05, 3.63) is 21.4 Å². The van der Waals surface area contributed by atoms with Gasteiger partial charge in [0.1, 0.15) is 0 Å². The first-order valence-corrected chi connectivity index (χ1v) is 9.76. The molecule has 0 radical (unpaired) electrons. The maximum absolute atomic E-state index is 12.6. The number of carbonyl (C=O) groups is 2. The van der Waals surface area contributed by atoms with Crippen LogP contribution in [-0.4, -0.2) is 63.3 Å². The summed E-state index contributed by atoms with van der Waals surface area (Å²) in [5.74, 6) is 0.230. The van der Waals surface area contributed by atoms with Gasteiger partial charge in [-0.25, -0.2) is 0 Å². The number of hydrogen-bond acceptors (Lipinski definition) is 5. The SMILES string of the molecule is COCCCNC(=O)C1CCc2sc(C(=O)N3CCOCC3)cc2C1. The molecule has 0 saturated carbocycles. The molecule has 2 aliphatic rings. The van der Waals surface area contributed by atoms with Crippen LogP contribution in [0.4, 0.5) is 0 Å². The minimum absolute atomic E-state index is 0.0102. The number of nitrogens with zero attached hydrogens (tertiary/aromatic N) is 1. The second-order valence-corrected chi connectivity index (χ2v) is 7.68. The largest absolute Gasteiger partial charge is 0.385 e. The number of methoxy groups -OCH3 is 1. The Morgan fingerprint density at radius 2 is 2.20 bits per heavy atom. The predicted octanol–water partition coefficient (Wildman–Crippen LogP) is 1.48. The van der Waals surface area contributed by atoms with Crippen LogP contribution in [-0.2, 0) is 27.1 Å². The van der Waals surface area contributed by atoms with Crippen LogP contribution in [0, 0.1) is 5.92 Å². The summed E-state index contributed by atoms with van der Waals surface area (Å²) in [6, 6.07) is 2.00. The maximum Gasteiger partial charge on any atom is 0.264 e. The molecule has 1 saturated heterocycles. The summed E-state index contributed by atoms with van der Waals surface area (Å²) < 4.78 is 10.3. The van der Waals surface area contributed by atoms with Gasteiger partial charge in [-0.1, -0.05) is 0 Å². The number of thiophene rings is 1. The van der Waals surface area contributed by atoms with Crippen molar-refractivity contribution in [2.75, 3.05) is 46.6 Å². The molecule has 2 amide bonds. The summed E-state index contributed by atoms with van der Waals surface area (Å²) in [6.07, 6.45) is 3.30. The lowest BCUT2D eigenvalue weighted by Crippen LogP contribution is -2.40. The Balaban J connectivity index is 1.57. The lowest BCUT2D eigenvalue weighted by Gasteiger charge is -2.26. The van der Waals surface area contributed by atoms with Crippen molar-refractivity contribution >= 4 is 23.2 Å². The van der Waals surface area contributed by atoms with Gasteiger partial charge in [0.2, 0.25) is 5.91 Å². The summed E-state index contributed by atoms with van der Waals surface area (Å²) in [6.45, 7) is 3.86. The second-order valence-electron chi connectivity index (χ2n) is 6.54. The fourth-order valence-electron chi connectivity index (χ4n) is 3.35. The summed E-state index contributed by atoms with van der Waals surface area (Å²) >= 11 is 1.60. The highest BCUT2D eigenvalue weighted by atomic mass is 32.1. The molecule has 1 aromatic heterocycles. The Labute approximate surface area is 152 Å². The van der Waals surface area contributed by atoms with Crippen molar-refractivity contribution in [3.8, 4) is 0 Å². The smallest absolute Gasteiger partial charge is 0.264 e. The first-order valence-electron chi connectivity index (χ1n) is 8.94. The van der Waals surface area contributed by atoms with Crippen molar-refractivity contribution in [2.45, 2.75) is 25.7 Å². The van der Waals surface area contributed by atoms with Crippen molar-refractivity contribution in [3.63, 3.8) is 0 Å². The Kier molecular flexibility index (Phi) is 6.45. The van der Waals surface area contributed by atoms with Crippen LogP contribution in [0.1, 0.15) is 33.0 Å². The van der Waals surface area contributed by atoms with Crippen molar-refractivity contribution in [2.24, 2.45) is 5.92 Å². The predicted molar refractivity (Wildman–Crippen MR) is 96.1 cm³/mol. The van der Waals surface area contributed by atoms with E-state index in [-0.39, 0.29) is 17.7 Å². The van der Waals surface area contributed by atoms with Crippen molar-refractivity contribution < 1.29 is 19.1 Å². The van der Waals surface area contributed by atoms with E-state index in [0.717, 1.165) is 30.6 Å². The summed E-state index contributed by atoms with van der Waals surface area (Å²) in [5.41, 5.74) is 1.17. The van der Waals surface area contributed by atoms with Gasteiger partial charge in [-0.15, -0.1) is 11.3 Å². The van der Waals surface area contributed by atoms with Gasteiger partial charge in [0.15, 0.2) is 0 Å². The van der Waals surface area contributed by atoms with Crippen molar-refractivity contribution in [1.29, 1.82) is 0 Å². The average Bonchev–Trinajstić information content (AvgIpc) is 3.08. The molecule has 2 heterocycles. The van der Waals surface area contributed by atoms with E-state index in [1.807, 2.05) is 11.0 Å². The molecule has 1 aliphatic heterocycles. The van der Waals surface area contributed by atoms with Crippen LogP contribution in [0.5, 0.6) is 0 Å². The van der Waals surface area contributed by atoms with Crippen LogP contribution in [0.15, 0.2) is 6.07 Å². The average molecular weight is 366 g/mol. The standard InChI is InChI=1S/C18H26N2O4S/c1-23-8-2-5-19-17(21)13-3-4-15-14(11-13)12-16(25-15)18(22)20-6-9-24-10-7-20/h12-13H,2-11H2,1H3,(H,19,21). The van der Waals surface area contributed by atoms with Gasteiger partial charge in [-0.3, -0.25) is 9.59 Å². The third kappa shape index (κ3) is 4.59. The van der Waals surface area contributed by atoms with Gasteiger partial charge >= 0.3 is 0 Å². The first-order chi connectivity index (χ1) is 12.2. The molecule has 138 valence electrons. The third-order valence-electron chi connectivity index (χ3n) is 4.79. The molecule has 7 heteroatoms. The summed E-state index contributed by atoms with van der Waals surface area (Å²) in [4.78, 5) is 28.9. The van der Waals surface area contributed by atoms with E-state index in [2.05, 4.69) is 5.32 Å². The number of ether oxygens (including phenoxy) is 2. The zero-order valence-electron chi connectivity index (χ0n) is 14.7. The molecule has 1 unspecified atom stereocenters. The van der Waals surface area contributed by atoms with Crippen molar-refractivity contribution in [1.82, 2.24) is 10.2 Å². The Morgan fingerprint density at radius 1 is 1.40 bits per heavy atom. The van der Waals surface area contributed by atoms with E-state index in [1.165, 1.54) is 10.4 Å². The number of morpholine rings is 1. The van der Waals surface area contributed by atoms with Crippen LogP contribution >= 0.6 is 11.3 Å². The van der Waals surface area contributed by atoms with Gasteiger partial charge in [0.25, 0.3) is 5.91 Å². The second kappa shape index (κ2) is 8.78. The lowest BCUT2D eigenvalue weighted by molar-refractivity contribution is -0.125. The zero-order chi connectivity index (χ0) is 17.6. The quantitative estimate of drug-likeness (QED) is 0.775.